The molecule has 6 heteroatoms. The predicted octanol–water partition coefficient (Wildman–Crippen LogP) is 3.87. The second-order valence-corrected chi connectivity index (χ2v) is 7.18. The van der Waals surface area contributed by atoms with Gasteiger partial charge in [0.05, 0.1) is 22.8 Å². The number of H-pyrrole nitrogens is 1. The molecule has 3 aromatic rings. The van der Waals surface area contributed by atoms with E-state index < -0.39 is 0 Å². The molecule has 3 heterocycles. The first-order valence-corrected chi connectivity index (χ1v) is 9.33. The number of aromatic amines is 1. The fourth-order valence-corrected chi connectivity index (χ4v) is 3.81. The molecule has 6 nitrogen and oxygen atoms in total. The van der Waals surface area contributed by atoms with Crippen molar-refractivity contribution < 1.29 is 4.74 Å². The molecule has 1 atom stereocenters. The van der Waals surface area contributed by atoms with Gasteiger partial charge in [-0.15, -0.1) is 0 Å². The smallest absolute Gasteiger partial charge is 0.274 e. The van der Waals surface area contributed by atoms with Crippen molar-refractivity contribution in [2.24, 2.45) is 0 Å². The van der Waals surface area contributed by atoms with Gasteiger partial charge in [0.15, 0.2) is 6.23 Å². The van der Waals surface area contributed by atoms with Crippen LogP contribution in [0.2, 0.25) is 0 Å². The Bertz CT molecular complexity index is 1030. The van der Waals surface area contributed by atoms with E-state index in [0.29, 0.717) is 11.6 Å². The van der Waals surface area contributed by atoms with Crippen LogP contribution in [-0.4, -0.2) is 26.2 Å². The Hall–Kier alpha value is -2.60. The lowest BCUT2D eigenvalue weighted by molar-refractivity contribution is -0.0367. The minimum absolute atomic E-state index is 0.0230. The summed E-state index contributed by atoms with van der Waals surface area (Å²) in [5, 5.41) is 8.83. The summed E-state index contributed by atoms with van der Waals surface area (Å²) in [6, 6.07) is 6.42. The Morgan fingerprint density at radius 3 is 2.88 bits per heavy atom. The van der Waals surface area contributed by atoms with Crippen molar-refractivity contribution in [3.8, 4) is 11.1 Å². The van der Waals surface area contributed by atoms with Gasteiger partial charge in [-0.3, -0.25) is 4.79 Å². The number of hydrogen-bond donors (Lipinski definition) is 1. The minimum Gasteiger partial charge on any atom is -0.356 e. The van der Waals surface area contributed by atoms with Crippen molar-refractivity contribution in [3.05, 3.63) is 47.0 Å². The summed E-state index contributed by atoms with van der Waals surface area (Å²) in [5.74, 6) is 0. The molecule has 0 radical (unpaired) electrons. The quantitative estimate of drug-likeness (QED) is 0.777. The predicted molar refractivity (Wildman–Crippen MR) is 101 cm³/mol. The van der Waals surface area contributed by atoms with Crippen molar-refractivity contribution in [2.45, 2.75) is 44.4 Å². The molecule has 0 bridgehead atoms. The second kappa shape index (κ2) is 5.99. The first kappa shape index (κ1) is 15.6. The van der Waals surface area contributed by atoms with Gasteiger partial charge in [-0.05, 0) is 55.9 Å². The molecule has 1 aromatic carbocycles. The van der Waals surface area contributed by atoms with E-state index in [0.717, 1.165) is 60.9 Å². The van der Waals surface area contributed by atoms with Crippen LogP contribution in [0.4, 0.5) is 0 Å². The topological polar surface area (TPSA) is 64.8 Å². The number of fused-ring (bicyclic) bond motifs is 1. The molecule has 1 N–H and O–H groups in total. The number of nitrogens with one attached hydrogen (secondary N) is 1. The van der Waals surface area contributed by atoms with E-state index in [1.807, 2.05) is 29.1 Å². The third kappa shape index (κ3) is 2.44. The maximum atomic E-state index is 12.7. The van der Waals surface area contributed by atoms with Crippen LogP contribution in [0.15, 0.2) is 35.8 Å². The Morgan fingerprint density at radius 1 is 1.27 bits per heavy atom. The van der Waals surface area contributed by atoms with Crippen LogP contribution >= 0.6 is 0 Å². The zero-order valence-corrected chi connectivity index (χ0v) is 14.6. The molecule has 1 unspecified atom stereocenters. The zero-order chi connectivity index (χ0) is 17.7. The van der Waals surface area contributed by atoms with Crippen LogP contribution in [0.1, 0.15) is 50.1 Å². The summed E-state index contributed by atoms with van der Waals surface area (Å²) in [7, 11) is 0. The maximum absolute atomic E-state index is 12.7. The first-order valence-electron chi connectivity index (χ1n) is 9.33. The largest absolute Gasteiger partial charge is 0.356 e. The normalized spacial score (nSPS) is 20.5. The zero-order valence-electron chi connectivity index (χ0n) is 14.6. The van der Waals surface area contributed by atoms with E-state index >= 15 is 0 Å². The first-order chi connectivity index (χ1) is 12.8. The molecule has 2 fully saturated rings. The van der Waals surface area contributed by atoms with Crippen LogP contribution in [0.3, 0.4) is 0 Å². The highest BCUT2D eigenvalue weighted by molar-refractivity contribution is 5.90. The van der Waals surface area contributed by atoms with Gasteiger partial charge in [0.25, 0.3) is 5.56 Å². The van der Waals surface area contributed by atoms with Crippen LogP contribution in [0.5, 0.6) is 0 Å². The number of nitrogens with zero attached hydrogens (tertiary/aromatic N) is 3. The number of benzene rings is 1. The van der Waals surface area contributed by atoms with Gasteiger partial charge in [0, 0.05) is 18.2 Å². The van der Waals surface area contributed by atoms with E-state index in [1.165, 1.54) is 0 Å². The molecule has 26 heavy (non-hydrogen) atoms. The average Bonchev–Trinajstić information content (AvgIpc) is 3.35. The maximum Gasteiger partial charge on any atom is 0.274 e. The van der Waals surface area contributed by atoms with Crippen molar-refractivity contribution >= 4 is 17.0 Å². The monoisotopic (exact) mass is 350 g/mol. The summed E-state index contributed by atoms with van der Waals surface area (Å²) >= 11 is 0. The lowest BCUT2D eigenvalue weighted by Gasteiger charge is -2.23. The van der Waals surface area contributed by atoms with E-state index in [1.54, 1.807) is 10.8 Å². The molecule has 1 saturated carbocycles. The average molecular weight is 350 g/mol. The molecule has 2 aliphatic rings. The Morgan fingerprint density at radius 2 is 2.15 bits per heavy atom. The third-order valence-electron chi connectivity index (χ3n) is 5.38. The van der Waals surface area contributed by atoms with E-state index in [2.05, 4.69) is 11.7 Å². The van der Waals surface area contributed by atoms with Crippen molar-refractivity contribution in [2.75, 3.05) is 6.61 Å². The van der Waals surface area contributed by atoms with Crippen LogP contribution in [0.25, 0.3) is 28.1 Å². The molecule has 2 aromatic heterocycles. The van der Waals surface area contributed by atoms with Gasteiger partial charge in [0.1, 0.15) is 0 Å². The molecule has 1 aliphatic heterocycles. The van der Waals surface area contributed by atoms with Gasteiger partial charge >= 0.3 is 0 Å². The highest BCUT2D eigenvalue weighted by Gasteiger charge is 2.27. The van der Waals surface area contributed by atoms with E-state index in [9.17, 15) is 4.79 Å². The SMILES string of the molecule is C=Cc1nn(C2CCCCO2)c2ccc(-c3c[nH]n(C4CC4)c3=O)cc12. The highest BCUT2D eigenvalue weighted by atomic mass is 16.5. The van der Waals surface area contributed by atoms with Gasteiger partial charge in [-0.2, -0.15) is 5.10 Å². The van der Waals surface area contributed by atoms with Crippen molar-refractivity contribution in [1.29, 1.82) is 0 Å². The number of ether oxygens (including phenoxy) is 1. The molecule has 1 aliphatic carbocycles. The lowest BCUT2D eigenvalue weighted by atomic mass is 10.1. The van der Waals surface area contributed by atoms with Gasteiger partial charge in [-0.1, -0.05) is 12.6 Å². The summed E-state index contributed by atoms with van der Waals surface area (Å²) in [6.07, 6.45) is 8.94. The van der Waals surface area contributed by atoms with Crippen LogP contribution < -0.4 is 5.56 Å². The molecular formula is C20H22N4O2. The highest BCUT2D eigenvalue weighted by Crippen LogP contribution is 2.34. The summed E-state index contributed by atoms with van der Waals surface area (Å²) in [5.41, 5.74) is 3.51. The Kier molecular flexibility index (Phi) is 3.60. The lowest BCUT2D eigenvalue weighted by Crippen LogP contribution is -2.19. The van der Waals surface area contributed by atoms with Crippen LogP contribution in [-0.2, 0) is 4.74 Å². The Labute approximate surface area is 151 Å². The fourth-order valence-electron chi connectivity index (χ4n) is 3.81. The van der Waals surface area contributed by atoms with Crippen LogP contribution in [0, 0.1) is 0 Å². The van der Waals surface area contributed by atoms with E-state index in [-0.39, 0.29) is 11.8 Å². The molecule has 0 spiro atoms. The van der Waals surface area contributed by atoms with Crippen molar-refractivity contribution in [1.82, 2.24) is 19.6 Å². The fraction of sp³-hybridized carbons (Fsp3) is 0.400. The molecule has 5 rings (SSSR count). The standard InChI is InChI=1S/C20H22N4O2/c1-2-17-15-11-13(16-12-21-23(20(16)25)14-7-8-14)6-9-18(15)24(22-17)19-5-3-4-10-26-19/h2,6,9,11-12,14,19,21H,1,3-5,7-8,10H2. The van der Waals surface area contributed by atoms with Gasteiger partial charge in [0.2, 0.25) is 0 Å². The van der Waals surface area contributed by atoms with Crippen molar-refractivity contribution in [3.63, 3.8) is 0 Å². The van der Waals surface area contributed by atoms with Gasteiger partial charge < -0.3 is 9.84 Å². The summed E-state index contributed by atoms with van der Waals surface area (Å²) in [4.78, 5) is 12.7. The Balaban J connectivity index is 1.61. The third-order valence-corrected chi connectivity index (χ3v) is 5.38. The molecular weight excluding hydrogens is 328 g/mol. The number of aromatic nitrogens is 4. The van der Waals surface area contributed by atoms with E-state index in [4.69, 9.17) is 9.84 Å². The number of hydrogen-bond acceptors (Lipinski definition) is 3. The summed E-state index contributed by atoms with van der Waals surface area (Å²) < 4.78 is 9.62. The number of rotatable bonds is 4. The molecule has 1 saturated heterocycles. The minimum atomic E-state index is -0.0230. The molecule has 134 valence electrons. The van der Waals surface area contributed by atoms with Gasteiger partial charge in [-0.25, -0.2) is 9.36 Å². The second-order valence-electron chi connectivity index (χ2n) is 7.18. The molecule has 0 amide bonds. The summed E-state index contributed by atoms with van der Waals surface area (Å²) in [6.45, 7) is 4.68.